The Labute approximate surface area is 195 Å². The first-order valence-electron chi connectivity index (χ1n) is 11.7. The van der Waals surface area contributed by atoms with E-state index in [9.17, 15) is 19.2 Å². The van der Waals surface area contributed by atoms with Crippen molar-refractivity contribution >= 4 is 23.8 Å². The van der Waals surface area contributed by atoms with Crippen LogP contribution in [0.1, 0.15) is 40.5 Å². The molecule has 3 heterocycles. The Hall–Kier alpha value is -2.46. The molecule has 3 rings (SSSR count). The van der Waals surface area contributed by atoms with Crippen LogP contribution >= 0.6 is 0 Å². The maximum atomic E-state index is 13.5. The lowest BCUT2D eigenvalue weighted by Crippen LogP contribution is -2.63. The Bertz CT molecular complexity index is 813. The Balaban J connectivity index is 1.89. The summed E-state index contributed by atoms with van der Waals surface area (Å²) in [4.78, 5) is 54.8. The summed E-state index contributed by atoms with van der Waals surface area (Å²) < 4.78 is 10.6. The summed E-state index contributed by atoms with van der Waals surface area (Å²) in [5.74, 6) is -0.418. The topological polar surface area (TPSA) is 117 Å². The van der Waals surface area contributed by atoms with E-state index in [1.54, 1.807) is 12.2 Å². The number of ether oxygens (including phenoxy) is 2. The summed E-state index contributed by atoms with van der Waals surface area (Å²) in [5.41, 5.74) is -1.94. The third-order valence-electron chi connectivity index (χ3n) is 6.51. The van der Waals surface area contributed by atoms with Crippen LogP contribution in [0.5, 0.6) is 0 Å². The summed E-state index contributed by atoms with van der Waals surface area (Å²) in [6, 6.07) is 0.0185. The maximum absolute atomic E-state index is 13.5. The highest BCUT2D eigenvalue weighted by atomic mass is 16.6. The van der Waals surface area contributed by atoms with Crippen molar-refractivity contribution in [2.24, 2.45) is 5.92 Å². The van der Waals surface area contributed by atoms with Crippen LogP contribution in [0.25, 0.3) is 0 Å². The Morgan fingerprint density at radius 1 is 0.970 bits per heavy atom. The number of ketones is 2. The Morgan fingerprint density at radius 2 is 1.55 bits per heavy atom. The van der Waals surface area contributed by atoms with Crippen LogP contribution in [0.3, 0.4) is 0 Å². The smallest absolute Gasteiger partial charge is 0.410 e. The van der Waals surface area contributed by atoms with E-state index >= 15 is 0 Å². The number of rotatable bonds is 4. The van der Waals surface area contributed by atoms with Gasteiger partial charge in [-0.3, -0.25) is 14.9 Å². The predicted molar refractivity (Wildman–Crippen MR) is 121 cm³/mol. The maximum Gasteiger partial charge on any atom is 0.410 e. The normalized spacial score (nSPS) is 29.5. The van der Waals surface area contributed by atoms with E-state index < -0.39 is 23.3 Å². The third-order valence-corrected chi connectivity index (χ3v) is 6.51. The SMILES string of the molecule is CC(C)N[C@]12CCN(C1)C(=O)OCC=CCOC(=O)N1CC[C@@](C(=O)C(C)C)(C1)NCC2=O. The molecule has 0 aliphatic carbocycles. The molecule has 3 aliphatic rings. The number of nitrogens with one attached hydrogen (secondary N) is 2. The zero-order valence-electron chi connectivity index (χ0n) is 20.0. The van der Waals surface area contributed by atoms with Gasteiger partial charge in [0.1, 0.15) is 13.2 Å². The highest BCUT2D eigenvalue weighted by Gasteiger charge is 2.50. The van der Waals surface area contributed by atoms with E-state index in [-0.39, 0.29) is 56.4 Å². The minimum Gasteiger partial charge on any atom is -0.445 e. The van der Waals surface area contributed by atoms with Crippen LogP contribution in [0.15, 0.2) is 12.2 Å². The molecule has 0 aromatic carbocycles. The van der Waals surface area contributed by atoms with Crippen LogP contribution in [-0.2, 0) is 19.1 Å². The number of carbonyl (C=O) groups excluding carboxylic acids is 4. The molecule has 10 nitrogen and oxygen atoms in total. The summed E-state index contributed by atoms with van der Waals surface area (Å²) in [6.45, 7) is 8.68. The number of Topliss-reactive ketones (excluding diaryl/α,β-unsaturated/α-hetero) is 2. The lowest BCUT2D eigenvalue weighted by molar-refractivity contribution is -0.129. The van der Waals surface area contributed by atoms with Gasteiger partial charge in [-0.05, 0) is 38.8 Å². The highest BCUT2D eigenvalue weighted by molar-refractivity contribution is 5.95. The van der Waals surface area contributed by atoms with Gasteiger partial charge in [0, 0.05) is 38.1 Å². The second-order valence-corrected chi connectivity index (χ2v) is 9.73. The van der Waals surface area contributed by atoms with Gasteiger partial charge in [-0.1, -0.05) is 13.8 Å². The van der Waals surface area contributed by atoms with E-state index in [1.807, 2.05) is 27.7 Å². The first-order valence-corrected chi connectivity index (χ1v) is 11.7. The van der Waals surface area contributed by atoms with Crippen molar-refractivity contribution < 1.29 is 28.7 Å². The number of nitrogens with zero attached hydrogens (tertiary/aromatic N) is 2. The predicted octanol–water partition coefficient (Wildman–Crippen LogP) is 1.10. The van der Waals surface area contributed by atoms with Gasteiger partial charge in [0.15, 0.2) is 11.6 Å². The molecule has 3 aliphatic heterocycles. The monoisotopic (exact) mass is 464 g/mol. The molecule has 2 amide bonds. The molecule has 4 bridgehead atoms. The number of carbonyl (C=O) groups is 4. The number of hydrogen-bond acceptors (Lipinski definition) is 8. The van der Waals surface area contributed by atoms with Crippen molar-refractivity contribution in [1.82, 2.24) is 20.4 Å². The second kappa shape index (κ2) is 10.2. The summed E-state index contributed by atoms with van der Waals surface area (Å²) in [7, 11) is 0. The fourth-order valence-electron chi connectivity index (χ4n) is 4.87. The molecule has 0 radical (unpaired) electrons. The molecule has 33 heavy (non-hydrogen) atoms. The minimum atomic E-state index is -1.01. The molecule has 10 heteroatoms. The molecule has 2 saturated heterocycles. The highest BCUT2D eigenvalue weighted by Crippen LogP contribution is 2.28. The molecular formula is C23H36N4O6. The van der Waals surface area contributed by atoms with Crippen molar-refractivity contribution in [3.05, 3.63) is 12.2 Å². The summed E-state index contributed by atoms with van der Waals surface area (Å²) in [5, 5.41) is 6.59. The molecule has 0 spiro atoms. The summed E-state index contributed by atoms with van der Waals surface area (Å²) >= 11 is 0. The lowest BCUT2D eigenvalue weighted by atomic mass is 9.85. The molecule has 0 aromatic rings. The third kappa shape index (κ3) is 5.55. The van der Waals surface area contributed by atoms with Crippen LogP contribution in [0, 0.1) is 5.92 Å². The first kappa shape index (κ1) is 25.2. The fourth-order valence-corrected chi connectivity index (χ4v) is 4.87. The largest absolute Gasteiger partial charge is 0.445 e. The van der Waals surface area contributed by atoms with Gasteiger partial charge in [-0.15, -0.1) is 0 Å². The average molecular weight is 465 g/mol. The quantitative estimate of drug-likeness (QED) is 0.594. The van der Waals surface area contributed by atoms with Crippen molar-refractivity contribution in [2.45, 2.75) is 57.7 Å². The van der Waals surface area contributed by atoms with Crippen molar-refractivity contribution in [2.75, 3.05) is 45.9 Å². The van der Waals surface area contributed by atoms with Crippen molar-refractivity contribution in [3.8, 4) is 0 Å². The second-order valence-electron chi connectivity index (χ2n) is 9.73. The number of fused-ring (bicyclic) bond motifs is 4. The minimum absolute atomic E-state index is 0.0185. The molecule has 2 fully saturated rings. The Kier molecular flexibility index (Phi) is 7.79. The van der Waals surface area contributed by atoms with E-state index in [2.05, 4.69) is 10.6 Å². The zero-order valence-corrected chi connectivity index (χ0v) is 20.0. The average Bonchev–Trinajstić information content (AvgIpc) is 3.39. The molecule has 2 N–H and O–H groups in total. The van der Waals surface area contributed by atoms with Gasteiger partial charge in [0.2, 0.25) is 0 Å². The van der Waals surface area contributed by atoms with Gasteiger partial charge in [-0.2, -0.15) is 0 Å². The molecule has 0 aromatic heterocycles. The molecule has 0 unspecified atom stereocenters. The van der Waals surface area contributed by atoms with Crippen molar-refractivity contribution in [3.63, 3.8) is 0 Å². The molecule has 2 atom stereocenters. The van der Waals surface area contributed by atoms with Crippen LogP contribution in [0.4, 0.5) is 9.59 Å². The standard InChI is InChI=1S/C23H36N4O6/c1-16(2)19(29)23-8-10-27(15-23)21(31)33-12-6-5-11-32-20(30)26-9-7-22(14-26,25-17(3)4)18(28)13-24-23/h5-6,16-17,24-25H,7-15H2,1-4H3/t22-,23+/m1/s1. The van der Waals surface area contributed by atoms with Gasteiger partial charge in [-0.25, -0.2) is 9.59 Å². The fraction of sp³-hybridized carbons (Fsp3) is 0.739. The van der Waals surface area contributed by atoms with E-state index in [1.165, 1.54) is 9.80 Å². The van der Waals surface area contributed by atoms with Crippen LogP contribution in [-0.4, -0.2) is 96.6 Å². The number of amides is 2. The molecule has 0 saturated carbocycles. The molecular weight excluding hydrogens is 428 g/mol. The van der Waals surface area contributed by atoms with Crippen LogP contribution < -0.4 is 10.6 Å². The van der Waals surface area contributed by atoms with Gasteiger partial charge in [0.25, 0.3) is 0 Å². The van der Waals surface area contributed by atoms with Gasteiger partial charge in [0.05, 0.1) is 17.6 Å². The Morgan fingerprint density at radius 3 is 2.12 bits per heavy atom. The lowest BCUT2D eigenvalue weighted by Gasteiger charge is -2.35. The molecule has 184 valence electrons. The number of hydrogen-bond donors (Lipinski definition) is 2. The van der Waals surface area contributed by atoms with E-state index in [0.717, 1.165) is 0 Å². The van der Waals surface area contributed by atoms with Crippen molar-refractivity contribution in [1.29, 1.82) is 0 Å². The van der Waals surface area contributed by atoms with E-state index in [4.69, 9.17) is 9.47 Å². The van der Waals surface area contributed by atoms with Crippen LogP contribution in [0.2, 0.25) is 0 Å². The van der Waals surface area contributed by atoms with Gasteiger partial charge >= 0.3 is 12.2 Å². The number of cyclic esters (lactones) is 2. The zero-order chi connectivity index (χ0) is 24.2. The summed E-state index contributed by atoms with van der Waals surface area (Å²) in [6.07, 6.45) is 3.08. The van der Waals surface area contributed by atoms with Gasteiger partial charge < -0.3 is 24.6 Å². The van der Waals surface area contributed by atoms with E-state index in [0.29, 0.717) is 25.9 Å². The first-order chi connectivity index (χ1) is 15.6.